The van der Waals surface area contributed by atoms with E-state index in [4.69, 9.17) is 4.74 Å². The molecule has 5 nitrogen and oxygen atoms in total. The van der Waals surface area contributed by atoms with Crippen LogP contribution in [-0.2, 0) is 14.9 Å². The first-order valence-corrected chi connectivity index (χ1v) is 7.10. The van der Waals surface area contributed by atoms with Gasteiger partial charge in [0.2, 0.25) is 0 Å². The van der Waals surface area contributed by atoms with Crippen molar-refractivity contribution < 1.29 is 14.5 Å². The van der Waals surface area contributed by atoms with E-state index in [0.717, 1.165) is 11.1 Å². The van der Waals surface area contributed by atoms with E-state index in [2.05, 4.69) is 0 Å². The van der Waals surface area contributed by atoms with Gasteiger partial charge in [-0.3, -0.25) is 14.9 Å². The summed E-state index contributed by atoms with van der Waals surface area (Å²) in [6.07, 6.45) is 0.200. The number of nitrogens with zero attached hydrogens (tertiary/aromatic N) is 1. The van der Waals surface area contributed by atoms with Crippen LogP contribution in [0.15, 0.2) is 54.6 Å². The summed E-state index contributed by atoms with van der Waals surface area (Å²) in [6, 6.07) is 15.7. The first-order chi connectivity index (χ1) is 10.6. The van der Waals surface area contributed by atoms with E-state index in [1.165, 1.54) is 12.1 Å². The molecule has 2 aromatic carbocycles. The average Bonchev–Trinajstić information content (AvgIpc) is 2.54. The number of benzene rings is 2. The van der Waals surface area contributed by atoms with Crippen molar-refractivity contribution in [3.63, 3.8) is 0 Å². The molecule has 0 unspecified atom stereocenters. The van der Waals surface area contributed by atoms with Crippen molar-refractivity contribution in [2.24, 2.45) is 0 Å². The zero-order valence-electron chi connectivity index (χ0n) is 12.1. The molecule has 0 aromatic heterocycles. The molecular formula is C17H15NO4. The Morgan fingerprint density at radius 2 is 1.77 bits per heavy atom. The third-order valence-corrected chi connectivity index (χ3v) is 4.29. The molecule has 0 N–H and O–H groups in total. The minimum atomic E-state index is -0.711. The highest BCUT2D eigenvalue weighted by Crippen LogP contribution is 2.51. The maximum Gasteiger partial charge on any atom is 0.321 e. The highest BCUT2D eigenvalue weighted by Gasteiger charge is 2.58. The topological polar surface area (TPSA) is 69.4 Å². The second kappa shape index (κ2) is 5.26. The van der Waals surface area contributed by atoms with Gasteiger partial charge < -0.3 is 4.74 Å². The Kier molecular flexibility index (Phi) is 3.41. The van der Waals surface area contributed by atoms with Crippen LogP contribution in [0.5, 0.6) is 0 Å². The summed E-state index contributed by atoms with van der Waals surface area (Å²) in [5.41, 5.74) is 1.00. The van der Waals surface area contributed by atoms with Crippen molar-refractivity contribution >= 4 is 11.7 Å². The quantitative estimate of drug-likeness (QED) is 0.491. The van der Waals surface area contributed by atoms with Crippen LogP contribution >= 0.6 is 0 Å². The fourth-order valence-corrected chi connectivity index (χ4v) is 3.02. The lowest BCUT2D eigenvalue weighted by atomic mass is 9.67. The number of non-ortho nitro benzene ring substituents is 1. The first kappa shape index (κ1) is 14.3. The van der Waals surface area contributed by atoms with Gasteiger partial charge in [-0.1, -0.05) is 37.3 Å². The molecule has 112 valence electrons. The fraction of sp³-hybridized carbons (Fsp3) is 0.235. The molecular weight excluding hydrogens is 282 g/mol. The van der Waals surface area contributed by atoms with Crippen molar-refractivity contribution in [2.45, 2.75) is 24.9 Å². The summed E-state index contributed by atoms with van der Waals surface area (Å²) in [6.45, 7) is 1.95. The number of ether oxygens (including phenoxy) is 1. The predicted octanol–water partition coefficient (Wildman–Crippen LogP) is 3.54. The Morgan fingerprint density at radius 1 is 1.14 bits per heavy atom. The Hall–Kier alpha value is -2.69. The molecule has 1 aliphatic heterocycles. The molecule has 1 heterocycles. The zero-order chi connectivity index (χ0) is 15.7. The Bertz CT molecular complexity index is 711. The Labute approximate surface area is 127 Å². The van der Waals surface area contributed by atoms with Gasteiger partial charge in [-0.05, 0) is 29.7 Å². The van der Waals surface area contributed by atoms with Crippen molar-refractivity contribution in [3.05, 3.63) is 75.8 Å². The van der Waals surface area contributed by atoms with E-state index >= 15 is 0 Å². The molecule has 2 aromatic rings. The number of rotatable bonds is 4. The normalized spacial score (nSPS) is 23.5. The van der Waals surface area contributed by atoms with Crippen molar-refractivity contribution in [2.75, 3.05) is 0 Å². The molecule has 5 heteroatoms. The Morgan fingerprint density at radius 3 is 2.27 bits per heavy atom. The molecule has 2 atom stereocenters. The van der Waals surface area contributed by atoms with Gasteiger partial charge in [-0.15, -0.1) is 0 Å². The van der Waals surface area contributed by atoms with Crippen LogP contribution < -0.4 is 0 Å². The van der Waals surface area contributed by atoms with Crippen LogP contribution in [0.2, 0.25) is 0 Å². The summed E-state index contributed by atoms with van der Waals surface area (Å²) in [4.78, 5) is 22.5. The van der Waals surface area contributed by atoms with Crippen molar-refractivity contribution in [1.29, 1.82) is 0 Å². The monoisotopic (exact) mass is 297 g/mol. The van der Waals surface area contributed by atoms with Gasteiger partial charge >= 0.3 is 5.97 Å². The molecule has 0 radical (unpaired) electrons. The maximum absolute atomic E-state index is 12.2. The summed E-state index contributed by atoms with van der Waals surface area (Å²) in [5.74, 6) is -0.246. The number of nitro benzene ring substituents is 1. The van der Waals surface area contributed by atoms with Crippen molar-refractivity contribution in [3.8, 4) is 0 Å². The third kappa shape index (κ3) is 1.97. The number of carbonyl (C=O) groups excluding carboxylic acids is 1. The molecule has 22 heavy (non-hydrogen) atoms. The van der Waals surface area contributed by atoms with Gasteiger partial charge in [0.15, 0.2) is 0 Å². The lowest BCUT2D eigenvalue weighted by molar-refractivity contribution is -0.384. The summed E-state index contributed by atoms with van der Waals surface area (Å²) in [5, 5.41) is 10.7. The van der Waals surface area contributed by atoms with E-state index in [1.54, 1.807) is 12.1 Å². The van der Waals surface area contributed by atoms with Crippen LogP contribution in [0.1, 0.15) is 30.6 Å². The molecule has 1 saturated heterocycles. The number of hydrogen-bond donors (Lipinski definition) is 0. The summed E-state index contributed by atoms with van der Waals surface area (Å²) in [7, 11) is 0. The van der Waals surface area contributed by atoms with E-state index in [0.29, 0.717) is 6.42 Å². The van der Waals surface area contributed by atoms with Gasteiger partial charge in [0.25, 0.3) is 5.69 Å². The summed E-state index contributed by atoms with van der Waals surface area (Å²) >= 11 is 0. The minimum Gasteiger partial charge on any atom is -0.455 e. The lowest BCUT2D eigenvalue weighted by Gasteiger charge is -2.47. The molecule has 0 amide bonds. The SMILES string of the molecule is CC[C@]1(c2ccccc2)C(=O)O[C@@H]1c1ccc([N+](=O)[O-])cc1. The molecule has 1 fully saturated rings. The van der Waals surface area contributed by atoms with Crippen LogP contribution in [0.3, 0.4) is 0 Å². The fourth-order valence-electron chi connectivity index (χ4n) is 3.02. The average molecular weight is 297 g/mol. The van der Waals surface area contributed by atoms with Gasteiger partial charge in [0.05, 0.1) is 4.92 Å². The van der Waals surface area contributed by atoms with Crippen LogP contribution in [0, 0.1) is 10.1 Å². The number of esters is 1. The second-order valence-electron chi connectivity index (χ2n) is 5.32. The van der Waals surface area contributed by atoms with Gasteiger partial charge in [0, 0.05) is 12.1 Å². The molecule has 1 aliphatic rings. The maximum atomic E-state index is 12.2. The number of nitro groups is 1. The van der Waals surface area contributed by atoms with Gasteiger partial charge in [-0.2, -0.15) is 0 Å². The van der Waals surface area contributed by atoms with E-state index in [9.17, 15) is 14.9 Å². The smallest absolute Gasteiger partial charge is 0.321 e. The number of hydrogen-bond acceptors (Lipinski definition) is 4. The van der Waals surface area contributed by atoms with E-state index < -0.39 is 16.4 Å². The molecule has 0 saturated carbocycles. The molecule has 3 rings (SSSR count). The van der Waals surface area contributed by atoms with Crippen LogP contribution in [-0.4, -0.2) is 10.9 Å². The van der Waals surface area contributed by atoms with Crippen LogP contribution in [0.25, 0.3) is 0 Å². The lowest BCUT2D eigenvalue weighted by Crippen LogP contribution is -2.54. The standard InChI is InChI=1S/C17H15NO4/c1-2-17(13-6-4-3-5-7-13)15(22-16(17)19)12-8-10-14(11-9-12)18(20)21/h3-11,15H,2H2,1H3/t15-,17-/m1/s1. The predicted molar refractivity (Wildman–Crippen MR) is 80.3 cm³/mol. The van der Waals surface area contributed by atoms with Crippen LogP contribution in [0.4, 0.5) is 5.69 Å². The molecule has 0 aliphatic carbocycles. The second-order valence-corrected chi connectivity index (χ2v) is 5.32. The van der Waals surface area contributed by atoms with Gasteiger partial charge in [0.1, 0.15) is 11.5 Å². The van der Waals surface area contributed by atoms with Crippen molar-refractivity contribution in [1.82, 2.24) is 0 Å². The van der Waals surface area contributed by atoms with Gasteiger partial charge in [-0.25, -0.2) is 0 Å². The highest BCUT2D eigenvalue weighted by molar-refractivity contribution is 5.90. The largest absolute Gasteiger partial charge is 0.455 e. The first-order valence-electron chi connectivity index (χ1n) is 7.10. The Balaban J connectivity index is 2.00. The van der Waals surface area contributed by atoms with E-state index in [1.807, 2.05) is 37.3 Å². The zero-order valence-corrected chi connectivity index (χ0v) is 12.1. The van der Waals surface area contributed by atoms with E-state index in [-0.39, 0.29) is 11.7 Å². The number of cyclic esters (lactones) is 1. The number of carbonyl (C=O) groups is 1. The summed E-state index contributed by atoms with van der Waals surface area (Å²) < 4.78 is 5.38. The minimum absolute atomic E-state index is 0.0243. The third-order valence-electron chi connectivity index (χ3n) is 4.29. The molecule has 0 bridgehead atoms. The highest BCUT2D eigenvalue weighted by atomic mass is 16.6. The molecule has 0 spiro atoms.